The number of anilines is 1. The summed E-state index contributed by atoms with van der Waals surface area (Å²) in [5.74, 6) is -0.612. The molecule has 0 bridgehead atoms. The predicted octanol–water partition coefficient (Wildman–Crippen LogP) is 3.84. The summed E-state index contributed by atoms with van der Waals surface area (Å²) in [6, 6.07) is 20.8. The molecule has 3 aromatic carbocycles. The van der Waals surface area contributed by atoms with Crippen LogP contribution in [-0.2, 0) is 16.0 Å². The summed E-state index contributed by atoms with van der Waals surface area (Å²) >= 11 is 6.16. The first-order valence-corrected chi connectivity index (χ1v) is 11.7. The number of halogens is 1. The molecule has 2 aromatic heterocycles. The molecule has 0 saturated heterocycles. The van der Waals surface area contributed by atoms with Crippen LogP contribution in [0.2, 0.25) is 5.02 Å². The van der Waals surface area contributed by atoms with Gasteiger partial charge in [-0.3, -0.25) is 9.59 Å². The molecule has 0 saturated carbocycles. The van der Waals surface area contributed by atoms with E-state index < -0.39 is 17.9 Å². The molecule has 0 radical (unpaired) electrons. The molecule has 11 heteroatoms. The highest BCUT2D eigenvalue weighted by Gasteiger charge is 2.23. The second-order valence-electron chi connectivity index (χ2n) is 8.06. The largest absolute Gasteiger partial charge is 0.354 e. The number of nitrogens with zero attached hydrogens (tertiary/aromatic N) is 5. The summed E-state index contributed by atoms with van der Waals surface area (Å²) in [5, 5.41) is 21.8. The molecule has 2 N–H and O–H groups in total. The van der Waals surface area contributed by atoms with E-state index in [9.17, 15) is 9.59 Å². The Morgan fingerprint density at radius 3 is 2.68 bits per heavy atom. The van der Waals surface area contributed by atoms with Gasteiger partial charge in [0.2, 0.25) is 11.8 Å². The molecular formula is C26H20ClN7O3. The second-order valence-corrected chi connectivity index (χ2v) is 8.49. The van der Waals surface area contributed by atoms with Gasteiger partial charge < -0.3 is 15.2 Å². The van der Waals surface area contributed by atoms with Gasteiger partial charge in [0, 0.05) is 23.1 Å². The molecule has 5 aromatic rings. The van der Waals surface area contributed by atoms with E-state index in [2.05, 4.69) is 31.3 Å². The Morgan fingerprint density at radius 2 is 1.86 bits per heavy atom. The quantitative estimate of drug-likeness (QED) is 0.302. The van der Waals surface area contributed by atoms with E-state index >= 15 is 0 Å². The van der Waals surface area contributed by atoms with Crippen LogP contribution in [0.3, 0.4) is 0 Å². The van der Waals surface area contributed by atoms with Crippen molar-refractivity contribution in [3.05, 3.63) is 101 Å². The standard InChI is InChI=1S/C26H20ClN7O3/c27-19-11-12-22(34-16-28-32-33-34)18(15-19)10-13-24(35)29-21(14-17-6-2-1-3-7-17)26(36)30-25-20-8-4-5-9-23(20)37-31-25/h1-13,15-16,21H,14H2,(H,29,35)(H,30,31,36)/b13-10+. The van der Waals surface area contributed by atoms with Gasteiger partial charge >= 0.3 is 0 Å². The van der Waals surface area contributed by atoms with Crippen LogP contribution in [0.5, 0.6) is 0 Å². The number of aromatic nitrogens is 5. The average molecular weight is 514 g/mol. The number of tetrazole rings is 1. The van der Waals surface area contributed by atoms with Crippen molar-refractivity contribution < 1.29 is 14.1 Å². The summed E-state index contributed by atoms with van der Waals surface area (Å²) in [6.07, 6.45) is 4.63. The van der Waals surface area contributed by atoms with Gasteiger partial charge in [-0.15, -0.1) is 5.10 Å². The lowest BCUT2D eigenvalue weighted by Crippen LogP contribution is -2.44. The summed E-state index contributed by atoms with van der Waals surface area (Å²) in [7, 11) is 0. The Morgan fingerprint density at radius 1 is 1.05 bits per heavy atom. The van der Waals surface area contributed by atoms with Crippen molar-refractivity contribution in [2.24, 2.45) is 0 Å². The Bertz CT molecular complexity index is 1570. The molecule has 5 rings (SSSR count). The molecule has 0 fully saturated rings. The fourth-order valence-electron chi connectivity index (χ4n) is 3.76. The number of para-hydroxylation sites is 1. The van der Waals surface area contributed by atoms with Gasteiger partial charge in [0.1, 0.15) is 12.4 Å². The maximum atomic E-state index is 13.2. The number of benzene rings is 3. The normalized spacial score (nSPS) is 12.0. The van der Waals surface area contributed by atoms with Crippen molar-refractivity contribution in [1.29, 1.82) is 0 Å². The van der Waals surface area contributed by atoms with Crippen LogP contribution >= 0.6 is 11.6 Å². The first-order valence-electron chi connectivity index (χ1n) is 11.3. The van der Waals surface area contributed by atoms with Crippen LogP contribution in [0.25, 0.3) is 22.7 Å². The highest BCUT2D eigenvalue weighted by molar-refractivity contribution is 6.30. The zero-order chi connectivity index (χ0) is 25.6. The van der Waals surface area contributed by atoms with E-state index in [4.69, 9.17) is 16.1 Å². The monoisotopic (exact) mass is 513 g/mol. The predicted molar refractivity (Wildman–Crippen MR) is 138 cm³/mol. The van der Waals surface area contributed by atoms with Crippen LogP contribution in [0.15, 0.2) is 89.7 Å². The SMILES string of the molecule is O=C(/C=C/c1cc(Cl)ccc1-n1cnnn1)NC(Cc1ccccc1)C(=O)Nc1noc2ccccc12. The van der Waals surface area contributed by atoms with E-state index in [1.54, 1.807) is 36.4 Å². The molecule has 37 heavy (non-hydrogen) atoms. The smallest absolute Gasteiger partial charge is 0.248 e. The molecule has 184 valence electrons. The highest BCUT2D eigenvalue weighted by atomic mass is 35.5. The lowest BCUT2D eigenvalue weighted by molar-refractivity contribution is -0.123. The number of hydrogen-bond donors (Lipinski definition) is 2. The molecule has 0 aliphatic heterocycles. The van der Waals surface area contributed by atoms with Crippen molar-refractivity contribution in [2.45, 2.75) is 12.5 Å². The fraction of sp³-hybridized carbons (Fsp3) is 0.0769. The number of rotatable bonds is 8. The van der Waals surface area contributed by atoms with Crippen molar-refractivity contribution in [2.75, 3.05) is 5.32 Å². The molecular weight excluding hydrogens is 494 g/mol. The number of hydrogen-bond acceptors (Lipinski definition) is 7. The first-order chi connectivity index (χ1) is 18.1. The zero-order valence-electron chi connectivity index (χ0n) is 19.3. The van der Waals surface area contributed by atoms with Gasteiger partial charge in [0.25, 0.3) is 0 Å². The van der Waals surface area contributed by atoms with Crippen LogP contribution in [0.4, 0.5) is 5.82 Å². The minimum atomic E-state index is -0.881. The Hall–Kier alpha value is -4.83. The van der Waals surface area contributed by atoms with E-state index in [0.717, 1.165) is 5.56 Å². The number of nitrogens with one attached hydrogen (secondary N) is 2. The Balaban J connectivity index is 1.36. The van der Waals surface area contributed by atoms with Crippen LogP contribution < -0.4 is 10.6 Å². The van der Waals surface area contributed by atoms with Crippen molar-refractivity contribution in [3.63, 3.8) is 0 Å². The van der Waals surface area contributed by atoms with Crippen LogP contribution in [0, 0.1) is 0 Å². The molecule has 0 spiro atoms. The third kappa shape index (κ3) is 5.71. The minimum Gasteiger partial charge on any atom is -0.354 e. The van der Waals surface area contributed by atoms with E-state index in [1.807, 2.05) is 42.5 Å². The number of carbonyl (C=O) groups is 2. The summed E-state index contributed by atoms with van der Waals surface area (Å²) in [5.41, 5.74) is 2.68. The third-order valence-electron chi connectivity index (χ3n) is 5.53. The summed E-state index contributed by atoms with van der Waals surface area (Å²) in [6.45, 7) is 0. The first kappa shape index (κ1) is 23.9. The van der Waals surface area contributed by atoms with E-state index in [0.29, 0.717) is 27.2 Å². The van der Waals surface area contributed by atoms with Crippen LogP contribution in [-0.4, -0.2) is 43.2 Å². The third-order valence-corrected chi connectivity index (χ3v) is 5.77. The molecule has 2 amide bonds. The van der Waals surface area contributed by atoms with Gasteiger partial charge in [-0.05, 0) is 52.4 Å². The highest BCUT2D eigenvalue weighted by Crippen LogP contribution is 2.23. The molecule has 0 aliphatic carbocycles. The van der Waals surface area contributed by atoms with Gasteiger partial charge in [-0.2, -0.15) is 4.68 Å². The number of carbonyl (C=O) groups excluding carboxylic acids is 2. The number of amides is 2. The molecule has 2 heterocycles. The average Bonchev–Trinajstić information content (AvgIpc) is 3.59. The lowest BCUT2D eigenvalue weighted by atomic mass is 10.0. The fourth-order valence-corrected chi connectivity index (χ4v) is 3.94. The van der Waals surface area contributed by atoms with Gasteiger partial charge in [0.15, 0.2) is 11.4 Å². The van der Waals surface area contributed by atoms with Crippen molar-refractivity contribution in [3.8, 4) is 5.69 Å². The summed E-state index contributed by atoms with van der Waals surface area (Å²) in [4.78, 5) is 26.2. The number of fused-ring (bicyclic) bond motifs is 1. The van der Waals surface area contributed by atoms with Crippen molar-refractivity contribution in [1.82, 2.24) is 30.7 Å². The van der Waals surface area contributed by atoms with Gasteiger partial charge in [-0.25, -0.2) is 0 Å². The van der Waals surface area contributed by atoms with Crippen molar-refractivity contribution >= 4 is 46.3 Å². The van der Waals surface area contributed by atoms with E-state index in [1.165, 1.54) is 17.1 Å². The molecule has 1 unspecified atom stereocenters. The summed E-state index contributed by atoms with van der Waals surface area (Å²) < 4.78 is 6.74. The zero-order valence-corrected chi connectivity index (χ0v) is 20.0. The molecule has 10 nitrogen and oxygen atoms in total. The van der Waals surface area contributed by atoms with Gasteiger partial charge in [0.05, 0.1) is 11.1 Å². The van der Waals surface area contributed by atoms with Crippen LogP contribution in [0.1, 0.15) is 11.1 Å². The minimum absolute atomic E-state index is 0.273. The van der Waals surface area contributed by atoms with Gasteiger partial charge in [-0.1, -0.05) is 59.2 Å². The van der Waals surface area contributed by atoms with E-state index in [-0.39, 0.29) is 12.2 Å². The maximum absolute atomic E-state index is 13.2. The molecule has 0 aliphatic rings. The topological polar surface area (TPSA) is 128 Å². The second kappa shape index (κ2) is 10.8. The Labute approximate surface area is 215 Å². The Kier molecular flexibility index (Phi) is 7.00. The lowest BCUT2D eigenvalue weighted by Gasteiger charge is -2.17. The maximum Gasteiger partial charge on any atom is 0.248 e. The molecule has 1 atom stereocenters.